The van der Waals surface area contributed by atoms with Crippen LogP contribution in [0, 0.1) is 0 Å². The number of rotatable bonds is 7. The standard InChI is InChI=1S/C21H25BrN2O3S/c22-19-9-11-20(12-10-19)28(26,27)24(16-13-18-7-3-1-4-8-18)17-21(25)23-14-5-2-6-15-23/h1,3-4,7-12H,2,5-6,13-17H2. The first-order valence-corrected chi connectivity index (χ1v) is 11.8. The summed E-state index contributed by atoms with van der Waals surface area (Å²) < 4.78 is 28.6. The van der Waals surface area contributed by atoms with Gasteiger partial charge in [-0.3, -0.25) is 4.79 Å². The minimum Gasteiger partial charge on any atom is -0.342 e. The number of likely N-dealkylation sites (tertiary alicyclic amines) is 1. The van der Waals surface area contributed by atoms with Crippen LogP contribution in [-0.4, -0.2) is 49.7 Å². The van der Waals surface area contributed by atoms with Crippen LogP contribution in [0.2, 0.25) is 0 Å². The fourth-order valence-electron chi connectivity index (χ4n) is 3.33. The van der Waals surface area contributed by atoms with E-state index >= 15 is 0 Å². The molecule has 7 heteroatoms. The van der Waals surface area contributed by atoms with Gasteiger partial charge in [-0.1, -0.05) is 46.3 Å². The maximum atomic E-state index is 13.2. The van der Waals surface area contributed by atoms with Gasteiger partial charge in [0.2, 0.25) is 15.9 Å². The molecular weight excluding hydrogens is 440 g/mol. The lowest BCUT2D eigenvalue weighted by Gasteiger charge is -2.29. The molecule has 0 bridgehead atoms. The average Bonchev–Trinajstić information content (AvgIpc) is 2.72. The molecule has 0 aliphatic carbocycles. The van der Waals surface area contributed by atoms with Crippen LogP contribution < -0.4 is 0 Å². The molecule has 1 aliphatic heterocycles. The van der Waals surface area contributed by atoms with Gasteiger partial charge in [0.1, 0.15) is 0 Å². The van der Waals surface area contributed by atoms with E-state index in [4.69, 9.17) is 0 Å². The van der Waals surface area contributed by atoms with E-state index in [1.807, 2.05) is 30.3 Å². The maximum Gasteiger partial charge on any atom is 0.243 e. The van der Waals surface area contributed by atoms with Crippen LogP contribution in [0.4, 0.5) is 0 Å². The van der Waals surface area contributed by atoms with E-state index in [0.29, 0.717) is 19.5 Å². The Kier molecular flexibility index (Phi) is 7.26. The third-order valence-electron chi connectivity index (χ3n) is 4.96. The van der Waals surface area contributed by atoms with Crippen molar-refractivity contribution in [1.82, 2.24) is 9.21 Å². The smallest absolute Gasteiger partial charge is 0.243 e. The summed E-state index contributed by atoms with van der Waals surface area (Å²) in [5.41, 5.74) is 1.05. The number of carbonyl (C=O) groups is 1. The van der Waals surface area contributed by atoms with Crippen molar-refractivity contribution in [3.8, 4) is 0 Å². The van der Waals surface area contributed by atoms with Crippen molar-refractivity contribution in [2.45, 2.75) is 30.6 Å². The summed E-state index contributed by atoms with van der Waals surface area (Å²) in [6.45, 7) is 1.57. The minimum atomic E-state index is -3.76. The molecule has 1 aliphatic rings. The molecule has 0 atom stereocenters. The predicted octanol–water partition coefficient (Wildman–Crippen LogP) is 3.70. The Balaban J connectivity index is 1.80. The molecule has 1 heterocycles. The normalized spacial score (nSPS) is 15.0. The number of hydrogen-bond acceptors (Lipinski definition) is 3. The van der Waals surface area contributed by atoms with Gasteiger partial charge >= 0.3 is 0 Å². The van der Waals surface area contributed by atoms with E-state index in [9.17, 15) is 13.2 Å². The first kappa shape index (κ1) is 21.0. The predicted molar refractivity (Wildman–Crippen MR) is 113 cm³/mol. The Labute approximate surface area is 175 Å². The Morgan fingerprint density at radius 2 is 1.61 bits per heavy atom. The molecular formula is C21H25BrN2O3S. The van der Waals surface area contributed by atoms with E-state index in [0.717, 1.165) is 29.3 Å². The van der Waals surface area contributed by atoms with Crippen LogP contribution in [0.15, 0.2) is 64.0 Å². The van der Waals surface area contributed by atoms with Gasteiger partial charge < -0.3 is 4.90 Å². The molecule has 0 radical (unpaired) electrons. The highest BCUT2D eigenvalue weighted by molar-refractivity contribution is 9.10. The van der Waals surface area contributed by atoms with Gasteiger partial charge in [-0.15, -0.1) is 0 Å². The van der Waals surface area contributed by atoms with Gasteiger partial charge in [0.05, 0.1) is 11.4 Å². The van der Waals surface area contributed by atoms with Crippen molar-refractivity contribution in [2.24, 2.45) is 0 Å². The van der Waals surface area contributed by atoms with E-state index in [2.05, 4.69) is 15.9 Å². The van der Waals surface area contributed by atoms with E-state index in [1.54, 1.807) is 29.2 Å². The molecule has 0 aromatic heterocycles. The lowest BCUT2D eigenvalue weighted by Crippen LogP contribution is -2.45. The van der Waals surface area contributed by atoms with Crippen molar-refractivity contribution in [3.05, 3.63) is 64.6 Å². The second-order valence-corrected chi connectivity index (χ2v) is 9.82. The van der Waals surface area contributed by atoms with Gasteiger partial charge in [-0.2, -0.15) is 4.31 Å². The second kappa shape index (κ2) is 9.67. The van der Waals surface area contributed by atoms with Crippen molar-refractivity contribution >= 4 is 31.9 Å². The van der Waals surface area contributed by atoms with Gasteiger partial charge in [0.25, 0.3) is 0 Å². The monoisotopic (exact) mass is 464 g/mol. The summed E-state index contributed by atoms with van der Waals surface area (Å²) in [7, 11) is -3.76. The zero-order valence-corrected chi connectivity index (χ0v) is 18.2. The summed E-state index contributed by atoms with van der Waals surface area (Å²) in [6.07, 6.45) is 3.65. The number of carbonyl (C=O) groups excluding carboxylic acids is 1. The molecule has 5 nitrogen and oxygen atoms in total. The lowest BCUT2D eigenvalue weighted by atomic mass is 10.1. The van der Waals surface area contributed by atoms with Crippen molar-refractivity contribution < 1.29 is 13.2 Å². The van der Waals surface area contributed by atoms with Crippen molar-refractivity contribution in [1.29, 1.82) is 0 Å². The summed E-state index contributed by atoms with van der Waals surface area (Å²) in [6, 6.07) is 16.3. The Morgan fingerprint density at radius 3 is 2.25 bits per heavy atom. The molecule has 0 N–H and O–H groups in total. The largest absolute Gasteiger partial charge is 0.342 e. The topological polar surface area (TPSA) is 57.7 Å². The highest BCUT2D eigenvalue weighted by Gasteiger charge is 2.28. The van der Waals surface area contributed by atoms with Gasteiger partial charge in [0, 0.05) is 24.1 Å². The zero-order chi connectivity index (χ0) is 20.0. The maximum absolute atomic E-state index is 13.2. The van der Waals surface area contributed by atoms with E-state index in [1.165, 1.54) is 4.31 Å². The minimum absolute atomic E-state index is 0.117. The molecule has 28 heavy (non-hydrogen) atoms. The number of sulfonamides is 1. The highest BCUT2D eigenvalue weighted by Crippen LogP contribution is 2.20. The lowest BCUT2D eigenvalue weighted by molar-refractivity contribution is -0.132. The van der Waals surface area contributed by atoms with Crippen LogP contribution in [0.3, 0.4) is 0 Å². The Bertz CT molecular complexity index is 880. The number of piperidine rings is 1. The number of halogens is 1. The third-order valence-corrected chi connectivity index (χ3v) is 7.35. The van der Waals surface area contributed by atoms with Crippen molar-refractivity contribution in [2.75, 3.05) is 26.2 Å². The summed E-state index contributed by atoms with van der Waals surface area (Å²) in [5, 5.41) is 0. The molecule has 0 saturated carbocycles. The fourth-order valence-corrected chi connectivity index (χ4v) is 4.99. The van der Waals surface area contributed by atoms with Gasteiger partial charge in [-0.25, -0.2) is 8.42 Å². The van der Waals surface area contributed by atoms with Crippen LogP contribution in [0.5, 0.6) is 0 Å². The van der Waals surface area contributed by atoms with E-state index in [-0.39, 0.29) is 23.9 Å². The van der Waals surface area contributed by atoms with Crippen LogP contribution in [0.1, 0.15) is 24.8 Å². The molecule has 3 rings (SSSR count). The van der Waals surface area contributed by atoms with Gasteiger partial charge in [-0.05, 0) is 55.5 Å². The fraction of sp³-hybridized carbons (Fsp3) is 0.381. The summed E-state index contributed by atoms with van der Waals surface area (Å²) >= 11 is 3.33. The zero-order valence-electron chi connectivity index (χ0n) is 15.8. The molecule has 2 aromatic rings. The highest BCUT2D eigenvalue weighted by atomic mass is 79.9. The number of nitrogens with zero attached hydrogens (tertiary/aromatic N) is 2. The first-order chi connectivity index (χ1) is 13.5. The number of amides is 1. The molecule has 0 spiro atoms. The molecule has 0 unspecified atom stereocenters. The van der Waals surface area contributed by atoms with Crippen LogP contribution in [0.25, 0.3) is 0 Å². The number of hydrogen-bond donors (Lipinski definition) is 0. The molecule has 1 amide bonds. The van der Waals surface area contributed by atoms with Crippen LogP contribution in [-0.2, 0) is 21.2 Å². The quantitative estimate of drug-likeness (QED) is 0.627. The Hall–Kier alpha value is -1.70. The molecule has 1 saturated heterocycles. The molecule has 1 fully saturated rings. The number of benzene rings is 2. The molecule has 150 valence electrons. The first-order valence-electron chi connectivity index (χ1n) is 9.54. The summed E-state index contributed by atoms with van der Waals surface area (Å²) in [4.78, 5) is 14.8. The second-order valence-electron chi connectivity index (χ2n) is 6.97. The summed E-state index contributed by atoms with van der Waals surface area (Å²) in [5.74, 6) is -0.117. The van der Waals surface area contributed by atoms with Crippen LogP contribution >= 0.6 is 15.9 Å². The Morgan fingerprint density at radius 1 is 0.964 bits per heavy atom. The third kappa shape index (κ3) is 5.43. The van der Waals surface area contributed by atoms with Gasteiger partial charge in [0.15, 0.2) is 0 Å². The average molecular weight is 465 g/mol. The van der Waals surface area contributed by atoms with E-state index < -0.39 is 10.0 Å². The van der Waals surface area contributed by atoms with Crippen molar-refractivity contribution in [3.63, 3.8) is 0 Å². The SMILES string of the molecule is O=C(CN(CCc1ccccc1)S(=O)(=O)c1ccc(Br)cc1)N1CCCCC1. The molecule has 2 aromatic carbocycles.